The lowest BCUT2D eigenvalue weighted by Crippen LogP contribution is -2.29. The van der Waals surface area contributed by atoms with E-state index in [1.165, 1.54) is 37.9 Å². The summed E-state index contributed by atoms with van der Waals surface area (Å²) in [4.78, 5) is 2.54. The van der Waals surface area contributed by atoms with E-state index in [-0.39, 0.29) is 0 Å². The zero-order chi connectivity index (χ0) is 18.1. The summed E-state index contributed by atoms with van der Waals surface area (Å²) in [5.41, 5.74) is 4.96. The average Bonchev–Trinajstić information content (AvgIpc) is 3.36. The topological polar surface area (TPSA) is 62.6 Å². The second-order valence-electron chi connectivity index (χ2n) is 7.17. The van der Waals surface area contributed by atoms with E-state index in [1.807, 2.05) is 35.1 Å². The highest BCUT2D eigenvalue weighted by Gasteiger charge is 2.13. The summed E-state index contributed by atoms with van der Waals surface area (Å²) in [7, 11) is 0. The molecule has 0 amide bonds. The van der Waals surface area contributed by atoms with E-state index >= 15 is 0 Å². The van der Waals surface area contributed by atoms with Crippen molar-refractivity contribution in [2.45, 2.75) is 25.8 Å². The maximum Gasteiger partial charge on any atom is 0.134 e. The highest BCUT2D eigenvalue weighted by atomic mass is 15.4. The van der Waals surface area contributed by atoms with Gasteiger partial charge in [-0.3, -0.25) is 10.00 Å². The monoisotopic (exact) mass is 358 g/mol. The average molecular weight is 358 g/mol. The zero-order valence-electron chi connectivity index (χ0n) is 15.2. The predicted octanol–water partition coefficient (Wildman–Crippen LogP) is 3.80. The SMILES string of the molecule is c1ccc2c(-c3cn(-c4ccc(CN5CCCCC5)cc4)nn3)n[nH]c2c1. The Hall–Kier alpha value is -2.99. The van der Waals surface area contributed by atoms with Crippen LogP contribution in [0.2, 0.25) is 0 Å². The first-order valence-corrected chi connectivity index (χ1v) is 9.54. The lowest BCUT2D eigenvalue weighted by molar-refractivity contribution is 0.221. The molecule has 0 bridgehead atoms. The number of nitrogens with one attached hydrogen (secondary N) is 1. The number of hydrogen-bond donors (Lipinski definition) is 1. The smallest absolute Gasteiger partial charge is 0.134 e. The van der Waals surface area contributed by atoms with Gasteiger partial charge in [-0.2, -0.15) is 5.10 Å². The predicted molar refractivity (Wildman–Crippen MR) is 106 cm³/mol. The Labute approximate surface area is 157 Å². The third kappa shape index (κ3) is 3.24. The van der Waals surface area contributed by atoms with Crippen molar-refractivity contribution < 1.29 is 0 Å². The van der Waals surface area contributed by atoms with Gasteiger partial charge >= 0.3 is 0 Å². The summed E-state index contributed by atoms with van der Waals surface area (Å²) in [5.74, 6) is 0. The summed E-state index contributed by atoms with van der Waals surface area (Å²) in [5, 5.41) is 17.1. The third-order valence-corrected chi connectivity index (χ3v) is 5.26. The molecule has 0 unspecified atom stereocenters. The van der Waals surface area contributed by atoms with E-state index in [0.717, 1.165) is 34.5 Å². The van der Waals surface area contributed by atoms with Crippen LogP contribution in [-0.4, -0.2) is 43.2 Å². The fourth-order valence-corrected chi connectivity index (χ4v) is 3.79. The summed E-state index contributed by atoms with van der Waals surface area (Å²) in [6.45, 7) is 3.46. The van der Waals surface area contributed by atoms with Gasteiger partial charge in [-0.25, -0.2) is 4.68 Å². The van der Waals surface area contributed by atoms with Gasteiger partial charge in [-0.1, -0.05) is 42.0 Å². The molecule has 0 aliphatic carbocycles. The van der Waals surface area contributed by atoms with Crippen LogP contribution in [0.15, 0.2) is 54.7 Å². The molecule has 1 aliphatic heterocycles. The molecule has 4 aromatic rings. The summed E-state index contributed by atoms with van der Waals surface area (Å²) in [6.07, 6.45) is 5.95. The molecule has 0 atom stereocenters. The molecule has 2 aromatic carbocycles. The van der Waals surface area contributed by atoms with E-state index in [1.54, 1.807) is 0 Å². The largest absolute Gasteiger partial charge is 0.299 e. The van der Waals surface area contributed by atoms with Crippen molar-refractivity contribution in [2.75, 3.05) is 13.1 Å². The van der Waals surface area contributed by atoms with E-state index in [9.17, 15) is 0 Å². The van der Waals surface area contributed by atoms with Crippen molar-refractivity contribution in [2.24, 2.45) is 0 Å². The third-order valence-electron chi connectivity index (χ3n) is 5.26. The molecule has 1 saturated heterocycles. The molecule has 1 aliphatic rings. The highest BCUT2D eigenvalue weighted by molar-refractivity contribution is 5.91. The minimum atomic E-state index is 0.768. The highest BCUT2D eigenvalue weighted by Crippen LogP contribution is 2.24. The van der Waals surface area contributed by atoms with Crippen molar-refractivity contribution in [1.82, 2.24) is 30.1 Å². The van der Waals surface area contributed by atoms with Gasteiger partial charge in [0.25, 0.3) is 0 Å². The Morgan fingerprint density at radius 2 is 1.74 bits per heavy atom. The number of rotatable bonds is 4. The molecule has 0 spiro atoms. The lowest BCUT2D eigenvalue weighted by Gasteiger charge is -2.26. The first-order valence-electron chi connectivity index (χ1n) is 9.54. The fraction of sp³-hybridized carbons (Fsp3) is 0.286. The molecular weight excluding hydrogens is 336 g/mol. The Bertz CT molecular complexity index is 1040. The number of piperidine rings is 1. The second kappa shape index (κ2) is 6.96. The van der Waals surface area contributed by atoms with Gasteiger partial charge in [0.1, 0.15) is 11.4 Å². The Balaban J connectivity index is 1.36. The number of benzene rings is 2. The van der Waals surface area contributed by atoms with Gasteiger partial charge in [-0.15, -0.1) is 5.10 Å². The first-order chi connectivity index (χ1) is 13.4. The Morgan fingerprint density at radius 3 is 2.59 bits per heavy atom. The number of nitrogens with zero attached hydrogens (tertiary/aromatic N) is 5. The van der Waals surface area contributed by atoms with Crippen LogP contribution in [0.5, 0.6) is 0 Å². The summed E-state index contributed by atoms with van der Waals surface area (Å²) in [6, 6.07) is 16.7. The molecule has 5 rings (SSSR count). The second-order valence-corrected chi connectivity index (χ2v) is 7.17. The number of H-pyrrole nitrogens is 1. The minimum absolute atomic E-state index is 0.768. The molecule has 6 heteroatoms. The molecule has 2 aromatic heterocycles. The number of hydrogen-bond acceptors (Lipinski definition) is 4. The molecule has 136 valence electrons. The quantitative estimate of drug-likeness (QED) is 0.603. The molecule has 1 N–H and O–H groups in total. The number of likely N-dealkylation sites (tertiary alicyclic amines) is 1. The van der Waals surface area contributed by atoms with E-state index in [4.69, 9.17) is 0 Å². The van der Waals surface area contributed by atoms with Crippen molar-refractivity contribution in [1.29, 1.82) is 0 Å². The summed E-state index contributed by atoms with van der Waals surface area (Å²) < 4.78 is 1.81. The summed E-state index contributed by atoms with van der Waals surface area (Å²) >= 11 is 0. The maximum atomic E-state index is 4.41. The number of aromatic nitrogens is 5. The number of fused-ring (bicyclic) bond motifs is 1. The number of aromatic amines is 1. The van der Waals surface area contributed by atoms with Crippen molar-refractivity contribution in [3.8, 4) is 17.1 Å². The maximum absolute atomic E-state index is 4.41. The molecule has 1 fully saturated rings. The van der Waals surface area contributed by atoms with Crippen LogP contribution in [0, 0.1) is 0 Å². The standard InChI is InChI=1S/C21H22N6/c1-4-12-26(13-5-1)14-16-8-10-17(11-9-16)27-15-20(23-25-27)21-18-6-2-3-7-19(18)22-24-21/h2-3,6-11,15H,1,4-5,12-14H2,(H,22,24). The van der Waals surface area contributed by atoms with Crippen LogP contribution in [0.25, 0.3) is 28.0 Å². The molecule has 0 saturated carbocycles. The minimum Gasteiger partial charge on any atom is -0.299 e. The Kier molecular flexibility index (Phi) is 4.18. The van der Waals surface area contributed by atoms with Gasteiger partial charge < -0.3 is 0 Å². The van der Waals surface area contributed by atoms with Crippen LogP contribution in [-0.2, 0) is 6.54 Å². The lowest BCUT2D eigenvalue weighted by atomic mass is 10.1. The van der Waals surface area contributed by atoms with Gasteiger partial charge in [0.05, 0.1) is 17.4 Å². The van der Waals surface area contributed by atoms with Crippen molar-refractivity contribution in [3.63, 3.8) is 0 Å². The van der Waals surface area contributed by atoms with Crippen LogP contribution in [0.1, 0.15) is 24.8 Å². The van der Waals surface area contributed by atoms with Crippen LogP contribution < -0.4 is 0 Å². The molecular formula is C21H22N6. The molecule has 0 radical (unpaired) electrons. The van der Waals surface area contributed by atoms with Gasteiger partial charge in [-0.05, 0) is 49.7 Å². The first kappa shape index (κ1) is 16.2. The van der Waals surface area contributed by atoms with Crippen LogP contribution in [0.4, 0.5) is 0 Å². The molecule has 3 heterocycles. The molecule has 27 heavy (non-hydrogen) atoms. The zero-order valence-corrected chi connectivity index (χ0v) is 15.2. The van der Waals surface area contributed by atoms with Gasteiger partial charge in [0.15, 0.2) is 0 Å². The molecule has 6 nitrogen and oxygen atoms in total. The van der Waals surface area contributed by atoms with Crippen molar-refractivity contribution >= 4 is 10.9 Å². The number of para-hydroxylation sites is 1. The Morgan fingerprint density at radius 1 is 0.926 bits per heavy atom. The van der Waals surface area contributed by atoms with E-state index in [2.05, 4.69) is 49.7 Å². The normalized spacial score (nSPS) is 15.4. The van der Waals surface area contributed by atoms with E-state index < -0.39 is 0 Å². The van der Waals surface area contributed by atoms with E-state index in [0.29, 0.717) is 0 Å². The fourth-order valence-electron chi connectivity index (χ4n) is 3.79. The van der Waals surface area contributed by atoms with Crippen LogP contribution in [0.3, 0.4) is 0 Å². The van der Waals surface area contributed by atoms with Gasteiger partial charge in [0.2, 0.25) is 0 Å². The van der Waals surface area contributed by atoms with Gasteiger partial charge in [0, 0.05) is 11.9 Å². The van der Waals surface area contributed by atoms with Crippen LogP contribution >= 0.6 is 0 Å². The van der Waals surface area contributed by atoms with Crippen molar-refractivity contribution in [3.05, 3.63) is 60.3 Å².